The van der Waals surface area contributed by atoms with Gasteiger partial charge in [-0.2, -0.15) is 0 Å². The van der Waals surface area contributed by atoms with Gasteiger partial charge in [-0.25, -0.2) is 9.97 Å². The molecular weight excluding hydrogens is 478 g/mol. The van der Waals surface area contributed by atoms with Gasteiger partial charge in [0.2, 0.25) is 0 Å². The average Bonchev–Trinajstić information content (AvgIpc) is 3.20. The molecule has 9 nitrogen and oxygen atoms in total. The van der Waals surface area contributed by atoms with Crippen LogP contribution in [0.15, 0.2) is 36.7 Å². The number of pyridine rings is 2. The lowest BCUT2D eigenvalue weighted by molar-refractivity contribution is -0.0217. The van der Waals surface area contributed by atoms with Gasteiger partial charge in [-0.3, -0.25) is 9.19 Å². The monoisotopic (exact) mass is 511 g/mol. The van der Waals surface area contributed by atoms with Crippen LogP contribution in [0.5, 0.6) is 5.75 Å². The molecule has 3 aromatic heterocycles. The summed E-state index contributed by atoms with van der Waals surface area (Å²) in [5.74, 6) is 2.28. The maximum absolute atomic E-state index is 11.5. The lowest BCUT2D eigenvalue weighted by Crippen LogP contribution is -2.32. The average molecular weight is 512 g/mol. The fraction of sp³-hybridized carbons (Fsp3) is 0.423. The number of anilines is 1. The second kappa shape index (κ2) is 10.9. The van der Waals surface area contributed by atoms with Crippen LogP contribution in [0.4, 0.5) is 5.82 Å². The van der Waals surface area contributed by atoms with E-state index in [-0.39, 0.29) is 0 Å². The first-order valence-electron chi connectivity index (χ1n) is 11.8. The summed E-state index contributed by atoms with van der Waals surface area (Å²) in [6, 6.07) is 8.01. The van der Waals surface area contributed by atoms with Crippen molar-refractivity contribution in [2.45, 2.75) is 39.5 Å². The van der Waals surface area contributed by atoms with E-state index in [2.05, 4.69) is 14.5 Å². The van der Waals surface area contributed by atoms with E-state index in [1.807, 2.05) is 45.0 Å². The van der Waals surface area contributed by atoms with Crippen LogP contribution in [0.25, 0.3) is 33.1 Å². The van der Waals surface area contributed by atoms with Crippen molar-refractivity contribution in [3.8, 4) is 16.9 Å². The zero-order valence-corrected chi connectivity index (χ0v) is 22.2. The number of rotatable bonds is 11. The quantitative estimate of drug-likeness (QED) is 0.322. The number of nitrogen functional groups attached to an aromatic ring is 1. The smallest absolute Gasteiger partial charge is 0.152 e. The van der Waals surface area contributed by atoms with Crippen molar-refractivity contribution in [1.82, 2.24) is 19.5 Å². The third kappa shape index (κ3) is 5.66. The van der Waals surface area contributed by atoms with Gasteiger partial charge in [0.15, 0.2) is 5.82 Å². The normalized spacial score (nSPS) is 12.9. The van der Waals surface area contributed by atoms with E-state index >= 15 is 0 Å². The first-order chi connectivity index (χ1) is 17.2. The Morgan fingerprint density at radius 1 is 1.14 bits per heavy atom. The number of hydrogen-bond acceptors (Lipinski definition) is 8. The third-order valence-corrected chi connectivity index (χ3v) is 6.64. The Morgan fingerprint density at radius 3 is 2.67 bits per heavy atom. The summed E-state index contributed by atoms with van der Waals surface area (Å²) in [6.45, 7) is 7.82. The SMILES string of the molecule is CCOCc1nc2c(N)nc3cc(-c4cncc(OC)c4)ccc3c2n1CC(C)(C)OCCS(C)=O. The highest BCUT2D eigenvalue weighted by Crippen LogP contribution is 2.33. The second-order valence-corrected chi connectivity index (χ2v) is 10.7. The van der Waals surface area contributed by atoms with E-state index in [0.717, 1.165) is 33.4 Å². The predicted octanol–water partition coefficient (Wildman–Crippen LogP) is 3.95. The number of nitrogens with zero attached hydrogens (tertiary/aromatic N) is 4. The first-order valence-corrected chi connectivity index (χ1v) is 13.5. The highest BCUT2D eigenvalue weighted by Gasteiger charge is 2.25. The van der Waals surface area contributed by atoms with E-state index in [9.17, 15) is 4.21 Å². The highest BCUT2D eigenvalue weighted by molar-refractivity contribution is 7.84. The Kier molecular flexibility index (Phi) is 7.87. The number of ether oxygens (including phenoxy) is 3. The molecule has 192 valence electrons. The molecule has 0 amide bonds. The van der Waals surface area contributed by atoms with Gasteiger partial charge in [-0.05, 0) is 38.5 Å². The summed E-state index contributed by atoms with van der Waals surface area (Å²) in [5.41, 5.74) is 10.0. The largest absolute Gasteiger partial charge is 0.495 e. The third-order valence-electron chi connectivity index (χ3n) is 5.90. The van der Waals surface area contributed by atoms with E-state index in [4.69, 9.17) is 24.9 Å². The van der Waals surface area contributed by atoms with Gasteiger partial charge in [0, 0.05) is 46.6 Å². The van der Waals surface area contributed by atoms with Crippen LogP contribution in [0.1, 0.15) is 26.6 Å². The minimum atomic E-state index is -0.913. The van der Waals surface area contributed by atoms with Gasteiger partial charge in [0.1, 0.15) is 23.7 Å². The van der Waals surface area contributed by atoms with Crippen LogP contribution in [0, 0.1) is 0 Å². The number of aromatic nitrogens is 4. The van der Waals surface area contributed by atoms with Gasteiger partial charge < -0.3 is 24.5 Å². The Balaban J connectivity index is 1.83. The Labute approximate surface area is 213 Å². The van der Waals surface area contributed by atoms with Crippen molar-refractivity contribution >= 4 is 38.6 Å². The summed E-state index contributed by atoms with van der Waals surface area (Å²) in [6.07, 6.45) is 5.14. The number of benzene rings is 1. The molecule has 2 N–H and O–H groups in total. The summed E-state index contributed by atoms with van der Waals surface area (Å²) in [4.78, 5) is 13.8. The van der Waals surface area contributed by atoms with Crippen LogP contribution >= 0.6 is 0 Å². The molecule has 36 heavy (non-hydrogen) atoms. The number of hydrogen-bond donors (Lipinski definition) is 1. The van der Waals surface area contributed by atoms with Crippen molar-refractivity contribution < 1.29 is 18.4 Å². The first kappa shape index (κ1) is 26.0. The molecule has 0 saturated carbocycles. The van der Waals surface area contributed by atoms with Gasteiger partial charge in [0.25, 0.3) is 0 Å². The lowest BCUT2D eigenvalue weighted by Gasteiger charge is -2.27. The Morgan fingerprint density at radius 2 is 1.94 bits per heavy atom. The van der Waals surface area contributed by atoms with Crippen LogP contribution in [0.2, 0.25) is 0 Å². The molecule has 0 spiro atoms. The predicted molar refractivity (Wildman–Crippen MR) is 144 cm³/mol. The molecule has 0 aliphatic heterocycles. The molecule has 0 saturated heterocycles. The van der Waals surface area contributed by atoms with E-state index < -0.39 is 16.4 Å². The number of methoxy groups -OCH3 is 1. The molecule has 4 aromatic rings. The summed E-state index contributed by atoms with van der Waals surface area (Å²) >= 11 is 0. The van der Waals surface area contributed by atoms with Crippen LogP contribution in [-0.2, 0) is 33.4 Å². The molecule has 3 heterocycles. The van der Waals surface area contributed by atoms with Crippen molar-refractivity contribution in [2.75, 3.05) is 38.1 Å². The Hall–Kier alpha value is -3.08. The van der Waals surface area contributed by atoms with Crippen LogP contribution < -0.4 is 10.5 Å². The van der Waals surface area contributed by atoms with Crippen LogP contribution in [-0.4, -0.2) is 61.7 Å². The fourth-order valence-electron chi connectivity index (χ4n) is 4.16. The van der Waals surface area contributed by atoms with Crippen molar-refractivity contribution in [1.29, 1.82) is 0 Å². The molecule has 0 aliphatic carbocycles. The molecule has 0 bridgehead atoms. The van der Waals surface area contributed by atoms with E-state index in [1.54, 1.807) is 25.8 Å². The molecule has 4 rings (SSSR count). The summed E-state index contributed by atoms with van der Waals surface area (Å²) in [5, 5.41) is 0.930. The molecule has 1 aromatic carbocycles. The molecule has 0 radical (unpaired) electrons. The van der Waals surface area contributed by atoms with Gasteiger partial charge in [-0.15, -0.1) is 0 Å². The van der Waals surface area contributed by atoms with Crippen molar-refractivity contribution in [3.63, 3.8) is 0 Å². The topological polar surface area (TPSA) is 114 Å². The lowest BCUT2D eigenvalue weighted by atomic mass is 10.0. The molecular formula is C26H33N5O4S. The van der Waals surface area contributed by atoms with Crippen molar-refractivity contribution in [3.05, 3.63) is 42.5 Å². The molecule has 10 heteroatoms. The van der Waals surface area contributed by atoms with Gasteiger partial charge >= 0.3 is 0 Å². The molecule has 1 unspecified atom stereocenters. The minimum Gasteiger partial charge on any atom is -0.495 e. The standard InChI is InChI=1S/C26H33N5O4S/c1-6-34-15-22-30-23-24(31(22)16-26(2,3)35-9-10-36(5)32)20-8-7-17(12-21(20)29-25(23)27)18-11-19(33-4)14-28-13-18/h7-8,11-14H,6,9-10,15-16H2,1-5H3,(H2,27,29). The number of nitrogens with two attached hydrogens (primary N) is 1. The maximum Gasteiger partial charge on any atom is 0.152 e. The van der Waals surface area contributed by atoms with Gasteiger partial charge in [0.05, 0.1) is 43.1 Å². The minimum absolute atomic E-state index is 0.342. The van der Waals surface area contributed by atoms with Crippen LogP contribution in [0.3, 0.4) is 0 Å². The fourth-order valence-corrected chi connectivity index (χ4v) is 4.48. The van der Waals surface area contributed by atoms with E-state index in [1.165, 1.54) is 0 Å². The molecule has 1 atom stereocenters. The molecule has 0 fully saturated rings. The number of fused-ring (bicyclic) bond motifs is 3. The van der Waals surface area contributed by atoms with E-state index in [0.29, 0.717) is 49.2 Å². The Bertz CT molecular complexity index is 1400. The van der Waals surface area contributed by atoms with Gasteiger partial charge in [-0.1, -0.05) is 12.1 Å². The van der Waals surface area contributed by atoms with Crippen molar-refractivity contribution in [2.24, 2.45) is 0 Å². The summed E-state index contributed by atoms with van der Waals surface area (Å²) in [7, 11) is 0.706. The second-order valence-electron chi connectivity index (χ2n) is 9.18. The summed E-state index contributed by atoms with van der Waals surface area (Å²) < 4.78 is 30.8. The number of imidazole rings is 1. The zero-order chi connectivity index (χ0) is 25.9. The highest BCUT2D eigenvalue weighted by atomic mass is 32.2. The maximum atomic E-state index is 11.5. The molecule has 0 aliphatic rings. The zero-order valence-electron chi connectivity index (χ0n) is 21.4.